The number of halogens is 2. The van der Waals surface area contributed by atoms with E-state index < -0.39 is 6.04 Å². The number of hydrogen-bond acceptors (Lipinski definition) is 5. The fraction of sp³-hybridized carbons (Fsp3) is 0.250. The second-order valence-electron chi connectivity index (χ2n) is 6.36. The van der Waals surface area contributed by atoms with Crippen LogP contribution in [0.5, 0.6) is 0 Å². The Hall–Kier alpha value is -2.81. The van der Waals surface area contributed by atoms with E-state index in [1.807, 2.05) is 41.1 Å². The van der Waals surface area contributed by atoms with Crippen LogP contribution in [0.1, 0.15) is 21.8 Å². The largest absolute Gasteiger partial charge is 0.459 e. The molecule has 1 atom stereocenters. The van der Waals surface area contributed by atoms with E-state index in [4.69, 9.17) is 10.2 Å². The Labute approximate surface area is 187 Å². The van der Waals surface area contributed by atoms with Gasteiger partial charge in [-0.3, -0.25) is 9.59 Å². The number of furan rings is 1. The molecule has 0 fully saturated rings. The number of rotatable bonds is 9. The molecule has 2 heterocycles. The molecule has 2 aromatic heterocycles. The zero-order valence-corrected chi connectivity index (χ0v) is 17.8. The first-order valence-corrected chi connectivity index (χ1v) is 9.01. The zero-order valence-electron chi connectivity index (χ0n) is 16.2. The van der Waals surface area contributed by atoms with E-state index in [9.17, 15) is 9.59 Å². The van der Waals surface area contributed by atoms with Gasteiger partial charge in [-0.1, -0.05) is 30.3 Å². The van der Waals surface area contributed by atoms with Crippen LogP contribution in [-0.2, 0) is 17.8 Å². The van der Waals surface area contributed by atoms with Crippen molar-refractivity contribution in [3.63, 3.8) is 0 Å². The molecule has 0 spiro atoms. The molecule has 2 amide bonds. The zero-order chi connectivity index (χ0) is 19.8. The van der Waals surface area contributed by atoms with Gasteiger partial charge < -0.3 is 25.4 Å². The molecule has 0 unspecified atom stereocenters. The van der Waals surface area contributed by atoms with E-state index in [0.29, 0.717) is 13.0 Å². The highest BCUT2D eigenvalue weighted by atomic mass is 35.5. The Bertz CT molecular complexity index is 900. The maximum atomic E-state index is 12.1. The third-order valence-corrected chi connectivity index (χ3v) is 4.12. The van der Waals surface area contributed by atoms with Crippen molar-refractivity contribution in [1.29, 1.82) is 0 Å². The number of nitrogens with one attached hydrogen (secondary N) is 2. The van der Waals surface area contributed by atoms with E-state index >= 15 is 0 Å². The fourth-order valence-corrected chi connectivity index (χ4v) is 2.70. The highest BCUT2D eigenvalue weighted by Crippen LogP contribution is 2.05. The molecular weight excluding hydrogens is 429 g/mol. The quantitative estimate of drug-likeness (QED) is 0.427. The first-order valence-electron chi connectivity index (χ1n) is 9.01. The molecule has 30 heavy (non-hydrogen) atoms. The van der Waals surface area contributed by atoms with Crippen LogP contribution in [0.25, 0.3) is 0 Å². The van der Waals surface area contributed by atoms with Crippen molar-refractivity contribution < 1.29 is 14.0 Å². The second-order valence-corrected chi connectivity index (χ2v) is 6.36. The van der Waals surface area contributed by atoms with E-state index in [1.54, 1.807) is 18.5 Å². The number of amides is 2. The van der Waals surface area contributed by atoms with Crippen LogP contribution in [-0.4, -0.2) is 40.5 Å². The molecule has 4 N–H and O–H groups in total. The molecule has 0 aliphatic heterocycles. The average molecular weight is 454 g/mol. The number of aromatic nitrogens is 2. The SMILES string of the molecule is Cl.Cl.N[C@@H](Cc1cn(Cc2ccccc2)cn1)C(=O)NCCNC(=O)c1ccco1. The van der Waals surface area contributed by atoms with Crippen molar-refractivity contribution in [3.8, 4) is 0 Å². The van der Waals surface area contributed by atoms with Crippen LogP contribution in [0, 0.1) is 0 Å². The number of benzene rings is 1. The molecule has 0 aliphatic carbocycles. The molecule has 10 heteroatoms. The van der Waals surface area contributed by atoms with Gasteiger partial charge in [0.15, 0.2) is 5.76 Å². The summed E-state index contributed by atoms with van der Waals surface area (Å²) >= 11 is 0. The Kier molecular flexibility index (Phi) is 10.7. The number of nitrogens with zero attached hydrogens (tertiary/aromatic N) is 2. The molecule has 0 saturated carbocycles. The summed E-state index contributed by atoms with van der Waals surface area (Å²) < 4.78 is 6.95. The summed E-state index contributed by atoms with van der Waals surface area (Å²) in [7, 11) is 0. The molecule has 8 nitrogen and oxygen atoms in total. The summed E-state index contributed by atoms with van der Waals surface area (Å²) in [6.07, 6.45) is 5.39. The third-order valence-electron chi connectivity index (χ3n) is 4.12. The highest BCUT2D eigenvalue weighted by Gasteiger charge is 2.15. The third kappa shape index (κ3) is 7.55. The molecule has 162 valence electrons. The Morgan fingerprint density at radius 3 is 2.50 bits per heavy atom. The lowest BCUT2D eigenvalue weighted by Crippen LogP contribution is -2.44. The Morgan fingerprint density at radius 1 is 1.07 bits per heavy atom. The second kappa shape index (κ2) is 12.7. The van der Waals surface area contributed by atoms with Gasteiger partial charge in [0.1, 0.15) is 0 Å². The number of nitrogens with two attached hydrogens (primary N) is 1. The maximum Gasteiger partial charge on any atom is 0.287 e. The highest BCUT2D eigenvalue weighted by molar-refractivity contribution is 5.91. The van der Waals surface area contributed by atoms with Crippen molar-refractivity contribution in [2.75, 3.05) is 13.1 Å². The van der Waals surface area contributed by atoms with Crippen molar-refractivity contribution >= 4 is 36.6 Å². The van der Waals surface area contributed by atoms with Crippen LogP contribution in [0.15, 0.2) is 65.7 Å². The lowest BCUT2D eigenvalue weighted by Gasteiger charge is -2.11. The summed E-state index contributed by atoms with van der Waals surface area (Å²) in [4.78, 5) is 28.1. The molecule has 3 aromatic rings. The molecule has 3 rings (SSSR count). The predicted molar refractivity (Wildman–Crippen MR) is 118 cm³/mol. The Balaban J connectivity index is 0.00000225. The number of carbonyl (C=O) groups excluding carboxylic acids is 2. The topological polar surface area (TPSA) is 115 Å². The van der Waals surface area contributed by atoms with Gasteiger partial charge in [0.25, 0.3) is 5.91 Å². The van der Waals surface area contributed by atoms with Crippen LogP contribution < -0.4 is 16.4 Å². The molecule has 0 saturated heterocycles. The minimum absolute atomic E-state index is 0. The van der Waals surface area contributed by atoms with Gasteiger partial charge >= 0.3 is 0 Å². The van der Waals surface area contributed by atoms with Gasteiger partial charge in [0, 0.05) is 32.3 Å². The van der Waals surface area contributed by atoms with Gasteiger partial charge in [0.05, 0.1) is 24.3 Å². The van der Waals surface area contributed by atoms with Gasteiger partial charge in [-0.25, -0.2) is 4.98 Å². The van der Waals surface area contributed by atoms with Crippen LogP contribution in [0.4, 0.5) is 0 Å². The van der Waals surface area contributed by atoms with Crippen molar-refractivity contribution in [2.45, 2.75) is 19.0 Å². The van der Waals surface area contributed by atoms with Crippen molar-refractivity contribution in [1.82, 2.24) is 20.2 Å². The summed E-state index contributed by atoms with van der Waals surface area (Å²) in [6.45, 7) is 1.27. The number of hydrogen-bond donors (Lipinski definition) is 3. The smallest absolute Gasteiger partial charge is 0.287 e. The van der Waals surface area contributed by atoms with E-state index in [0.717, 1.165) is 5.69 Å². The van der Waals surface area contributed by atoms with Crippen LogP contribution in [0.2, 0.25) is 0 Å². The normalized spacial score (nSPS) is 11.0. The number of carbonyl (C=O) groups is 2. The molecule has 0 radical (unpaired) electrons. The molecule has 0 bridgehead atoms. The van der Waals surface area contributed by atoms with Gasteiger partial charge in [-0.05, 0) is 17.7 Å². The predicted octanol–water partition coefficient (Wildman–Crippen LogP) is 1.78. The lowest BCUT2D eigenvalue weighted by atomic mass is 10.1. The van der Waals surface area contributed by atoms with E-state index in [1.165, 1.54) is 11.8 Å². The summed E-state index contributed by atoms with van der Waals surface area (Å²) in [6, 6.07) is 12.5. The number of imidazole rings is 1. The minimum Gasteiger partial charge on any atom is -0.459 e. The van der Waals surface area contributed by atoms with Crippen LogP contribution >= 0.6 is 24.8 Å². The van der Waals surface area contributed by atoms with E-state index in [-0.39, 0.29) is 55.5 Å². The summed E-state index contributed by atoms with van der Waals surface area (Å²) in [5.74, 6) is -0.383. The minimum atomic E-state index is -0.708. The Morgan fingerprint density at radius 2 is 1.80 bits per heavy atom. The maximum absolute atomic E-state index is 12.1. The lowest BCUT2D eigenvalue weighted by molar-refractivity contribution is -0.122. The van der Waals surface area contributed by atoms with Gasteiger partial charge in [-0.15, -0.1) is 24.8 Å². The summed E-state index contributed by atoms with van der Waals surface area (Å²) in [5, 5.41) is 5.36. The standard InChI is InChI=1S/C20H23N5O3.2ClH/c21-17(19(26)22-8-9-23-20(27)18-7-4-10-28-18)11-16-13-25(14-24-16)12-15-5-2-1-3-6-15;;/h1-7,10,13-14,17H,8-9,11-12,21H2,(H,22,26)(H,23,27);2*1H/t17-;;/m0../s1. The van der Waals surface area contributed by atoms with Crippen LogP contribution in [0.3, 0.4) is 0 Å². The first kappa shape index (κ1) is 25.2. The molecular formula is C20H25Cl2N5O3. The fourth-order valence-electron chi connectivity index (χ4n) is 2.70. The molecule has 0 aliphatic rings. The molecule has 1 aromatic carbocycles. The van der Waals surface area contributed by atoms with Crippen molar-refractivity contribution in [3.05, 3.63) is 78.3 Å². The monoisotopic (exact) mass is 453 g/mol. The first-order chi connectivity index (χ1) is 13.6. The van der Waals surface area contributed by atoms with Gasteiger partial charge in [0.2, 0.25) is 5.91 Å². The van der Waals surface area contributed by atoms with Crippen molar-refractivity contribution in [2.24, 2.45) is 5.73 Å². The summed E-state index contributed by atoms with van der Waals surface area (Å²) in [5.41, 5.74) is 7.89. The average Bonchev–Trinajstić information content (AvgIpc) is 3.38. The van der Waals surface area contributed by atoms with E-state index in [2.05, 4.69) is 15.6 Å². The van der Waals surface area contributed by atoms with Gasteiger partial charge in [-0.2, -0.15) is 0 Å².